The highest BCUT2D eigenvalue weighted by molar-refractivity contribution is 8.00. The predicted molar refractivity (Wildman–Crippen MR) is 194 cm³/mol. The first-order valence-electron chi connectivity index (χ1n) is 16.6. The Kier molecular flexibility index (Phi) is 11.5. The molecule has 250 valence electrons. The molecule has 0 unspecified atom stereocenters. The van der Waals surface area contributed by atoms with Crippen LogP contribution in [-0.4, -0.2) is 60.1 Å². The molecule has 47 heavy (non-hydrogen) atoms. The number of ether oxygens (including phenoxy) is 1. The van der Waals surface area contributed by atoms with Crippen LogP contribution in [0.5, 0.6) is 0 Å². The second-order valence-electron chi connectivity index (χ2n) is 12.7. The molecule has 0 radical (unpaired) electrons. The highest BCUT2D eigenvalue weighted by Crippen LogP contribution is 2.47. The number of unbranched alkanes of at least 4 members (excludes halogenated alkanes) is 3. The molecule has 3 atom stereocenters. The van der Waals surface area contributed by atoms with Gasteiger partial charge in [0, 0.05) is 52.5 Å². The van der Waals surface area contributed by atoms with Crippen molar-refractivity contribution in [3.8, 4) is 0 Å². The molecule has 2 heterocycles. The van der Waals surface area contributed by atoms with Crippen molar-refractivity contribution in [2.24, 2.45) is 4.99 Å². The zero-order valence-electron chi connectivity index (χ0n) is 27.7. The fraction of sp³-hybridized carbons (Fsp3) is 0.432. The summed E-state index contributed by atoms with van der Waals surface area (Å²) < 4.78 is 21.2. The Morgan fingerprint density at radius 1 is 0.915 bits per heavy atom. The number of nitrogens with zero attached hydrogens (tertiary/aromatic N) is 1. The monoisotopic (exact) mass is 674 g/mol. The van der Waals surface area contributed by atoms with E-state index in [1.165, 1.54) is 0 Å². The predicted octanol–water partition coefficient (Wildman–Crippen LogP) is 5.51. The summed E-state index contributed by atoms with van der Waals surface area (Å²) in [7, 11) is -1.49. The summed E-state index contributed by atoms with van der Waals surface area (Å²) in [4.78, 5) is 28.8. The van der Waals surface area contributed by atoms with Gasteiger partial charge >= 0.3 is 6.03 Å². The minimum atomic E-state index is -3.19. The first-order valence-corrected chi connectivity index (χ1v) is 19.4. The van der Waals surface area contributed by atoms with E-state index in [0.29, 0.717) is 36.0 Å². The van der Waals surface area contributed by atoms with Gasteiger partial charge in [0.2, 0.25) is 11.8 Å². The number of hydrogen-bond donors (Lipinski definition) is 3. The molecule has 2 saturated heterocycles. The maximum Gasteiger partial charge on any atom is 0.315 e. The lowest BCUT2D eigenvalue weighted by atomic mass is 9.79. The Labute approximate surface area is 283 Å². The molecule has 8 nitrogen and oxygen atoms in total. The Morgan fingerprint density at radius 3 is 2.26 bits per heavy atom. The van der Waals surface area contributed by atoms with Gasteiger partial charge in [-0.3, -0.25) is 9.79 Å². The Balaban J connectivity index is 1.05. The second-order valence-corrected chi connectivity index (χ2v) is 16.7. The molecule has 0 aliphatic carbocycles. The molecule has 3 aromatic carbocycles. The molecule has 0 aromatic heterocycles. The summed E-state index contributed by atoms with van der Waals surface area (Å²) in [6, 6.07) is 26.8. The van der Waals surface area contributed by atoms with Crippen molar-refractivity contribution >= 4 is 52.7 Å². The van der Waals surface area contributed by atoms with Gasteiger partial charge in [0.15, 0.2) is 7.14 Å². The molecular formula is C37H47N4O4PS. The van der Waals surface area contributed by atoms with E-state index in [2.05, 4.69) is 34.8 Å². The summed E-state index contributed by atoms with van der Waals surface area (Å²) in [5, 5.41) is 11.9. The number of rotatable bonds is 15. The van der Waals surface area contributed by atoms with Crippen molar-refractivity contribution in [2.75, 3.05) is 26.0 Å². The number of thioether (sulfide) groups is 1. The molecule has 3 amide bonds. The molecule has 3 N–H and O–H groups in total. The molecule has 3 aromatic rings. The number of benzene rings is 3. The van der Waals surface area contributed by atoms with Crippen molar-refractivity contribution in [1.29, 1.82) is 0 Å². The lowest BCUT2D eigenvalue weighted by Gasteiger charge is -2.35. The van der Waals surface area contributed by atoms with Gasteiger partial charge in [-0.05, 0) is 52.0 Å². The normalized spacial score (nSPS) is 22.3. The van der Waals surface area contributed by atoms with Crippen molar-refractivity contribution in [3.63, 3.8) is 0 Å². The maximum absolute atomic E-state index is 15.0. The molecule has 5 rings (SSSR count). The maximum atomic E-state index is 15.0. The second kappa shape index (κ2) is 15.6. The summed E-state index contributed by atoms with van der Waals surface area (Å²) in [6.07, 6.45) is 5.88. The van der Waals surface area contributed by atoms with Crippen LogP contribution in [0.15, 0.2) is 89.9 Å². The first kappa shape index (κ1) is 34.8. The lowest BCUT2D eigenvalue weighted by Crippen LogP contribution is -2.58. The quantitative estimate of drug-likeness (QED) is 0.0648. The van der Waals surface area contributed by atoms with Gasteiger partial charge in [-0.1, -0.05) is 85.3 Å². The highest BCUT2D eigenvalue weighted by Gasteiger charge is 2.60. The van der Waals surface area contributed by atoms with Gasteiger partial charge in [0.1, 0.15) is 0 Å². The fourth-order valence-electron chi connectivity index (χ4n) is 6.61. The van der Waals surface area contributed by atoms with Crippen LogP contribution in [0, 0.1) is 0 Å². The van der Waals surface area contributed by atoms with E-state index in [0.717, 1.165) is 60.5 Å². The highest BCUT2D eigenvalue weighted by atomic mass is 32.2. The van der Waals surface area contributed by atoms with E-state index in [1.807, 2.05) is 96.7 Å². The number of aliphatic imine (C=N–C) groups is 1. The number of hydrogen-bond acceptors (Lipinski definition) is 6. The van der Waals surface area contributed by atoms with Gasteiger partial charge in [-0.15, -0.1) is 0 Å². The van der Waals surface area contributed by atoms with Crippen LogP contribution in [0.3, 0.4) is 0 Å². The Hall–Kier alpha value is -3.55. The van der Waals surface area contributed by atoms with Crippen molar-refractivity contribution < 1.29 is 18.9 Å². The molecule has 10 heteroatoms. The van der Waals surface area contributed by atoms with Crippen LogP contribution >= 0.6 is 18.9 Å². The third-order valence-electron chi connectivity index (χ3n) is 9.54. The number of amides is 3. The number of nitrogens with one attached hydrogen (secondary N) is 3. The zero-order chi connectivity index (χ0) is 33.3. The van der Waals surface area contributed by atoms with Crippen molar-refractivity contribution in [2.45, 2.75) is 75.1 Å². The number of urea groups is 1. The molecule has 2 fully saturated rings. The van der Waals surface area contributed by atoms with Crippen LogP contribution < -0.4 is 31.9 Å². The summed E-state index contributed by atoms with van der Waals surface area (Å²) >= 11 is 1.91. The van der Waals surface area contributed by atoms with E-state index in [1.54, 1.807) is 7.05 Å². The third-order valence-corrected chi connectivity index (χ3v) is 14.5. The van der Waals surface area contributed by atoms with Crippen molar-refractivity contribution in [1.82, 2.24) is 16.0 Å². The number of carbonyl (C=O) groups excluding carboxylic acids is 2. The SMILES string of the molecule is C/N=C(\OCCCCCNC(=O)CCCC[C@@H]1SC[C@]2(C)NC(=O)N[C@]12C)c1ccccc1P(=O)(c1ccccc1)c1ccccc1. The molecule has 2 aliphatic heterocycles. The third kappa shape index (κ3) is 7.62. The van der Waals surface area contributed by atoms with Gasteiger partial charge in [0.05, 0.1) is 17.7 Å². The van der Waals surface area contributed by atoms with E-state index in [9.17, 15) is 9.59 Å². The summed E-state index contributed by atoms with van der Waals surface area (Å²) in [5.74, 6) is 1.47. The lowest BCUT2D eigenvalue weighted by molar-refractivity contribution is -0.121. The van der Waals surface area contributed by atoms with E-state index in [4.69, 9.17) is 4.74 Å². The molecular weight excluding hydrogens is 627 g/mol. The molecule has 0 spiro atoms. The van der Waals surface area contributed by atoms with Crippen LogP contribution in [0.1, 0.15) is 64.4 Å². The van der Waals surface area contributed by atoms with Crippen LogP contribution in [-0.2, 0) is 14.1 Å². The fourth-order valence-corrected chi connectivity index (χ4v) is 11.3. The zero-order valence-corrected chi connectivity index (χ0v) is 29.4. The Morgan fingerprint density at radius 2 is 1.57 bits per heavy atom. The Bertz CT molecular complexity index is 1560. The average molecular weight is 675 g/mol. The summed E-state index contributed by atoms with van der Waals surface area (Å²) in [5.41, 5.74) is 0.268. The van der Waals surface area contributed by atoms with Crippen molar-refractivity contribution in [3.05, 3.63) is 90.5 Å². The van der Waals surface area contributed by atoms with Crippen LogP contribution in [0.4, 0.5) is 4.79 Å². The van der Waals surface area contributed by atoms with E-state index >= 15 is 4.57 Å². The molecule has 2 aliphatic rings. The standard InChI is InChI=1S/C37H47N4O4PS/c1-36-27-47-32(37(36,2)41-35(43)40-36)23-13-14-24-33(42)39-25-15-6-16-26-45-34(38-3)30-21-11-12-22-31(30)46(44,28-17-7-4-8-18-28)29-19-9-5-10-20-29/h4-5,7-12,17-22,32H,6,13-16,23-27H2,1-3H3,(H,39,42)(H2,40,41,43)/b38-34-/t32-,36-,37+/m0/s1. The van der Waals surface area contributed by atoms with Gasteiger partial charge in [0.25, 0.3) is 0 Å². The van der Waals surface area contributed by atoms with Gasteiger partial charge < -0.3 is 25.3 Å². The number of fused-ring (bicyclic) bond motifs is 1. The average Bonchev–Trinajstić information content (AvgIpc) is 3.47. The van der Waals surface area contributed by atoms with Gasteiger partial charge in [-0.2, -0.15) is 11.8 Å². The largest absolute Gasteiger partial charge is 0.477 e. The first-order chi connectivity index (χ1) is 22.7. The van der Waals surface area contributed by atoms with E-state index in [-0.39, 0.29) is 23.0 Å². The molecule has 0 bridgehead atoms. The smallest absolute Gasteiger partial charge is 0.315 e. The van der Waals surface area contributed by atoms with Crippen LogP contribution in [0.2, 0.25) is 0 Å². The minimum Gasteiger partial charge on any atom is -0.477 e. The van der Waals surface area contributed by atoms with Gasteiger partial charge in [-0.25, -0.2) is 4.79 Å². The van der Waals surface area contributed by atoms with Crippen LogP contribution in [0.25, 0.3) is 0 Å². The topological polar surface area (TPSA) is 109 Å². The minimum absolute atomic E-state index is 0.0790. The summed E-state index contributed by atoms with van der Waals surface area (Å²) in [6.45, 7) is 5.37. The van der Waals surface area contributed by atoms with E-state index < -0.39 is 7.14 Å². The molecule has 0 saturated carbocycles. The number of carbonyl (C=O) groups is 2.